The van der Waals surface area contributed by atoms with Gasteiger partial charge in [-0.1, -0.05) is 0 Å². The average Bonchev–Trinajstić information content (AvgIpc) is 2.70. The van der Waals surface area contributed by atoms with Crippen LogP contribution < -0.4 is 10.6 Å². The van der Waals surface area contributed by atoms with E-state index in [4.69, 9.17) is 5.73 Å². The van der Waals surface area contributed by atoms with Crippen molar-refractivity contribution in [2.45, 2.75) is 31.7 Å². The van der Waals surface area contributed by atoms with E-state index in [-0.39, 0.29) is 11.8 Å². The highest BCUT2D eigenvalue weighted by Gasteiger charge is 2.26. The van der Waals surface area contributed by atoms with Crippen LogP contribution in [0.25, 0.3) is 0 Å². The number of anilines is 1. The fraction of sp³-hybridized carbons (Fsp3) is 0.750. The Kier molecular flexibility index (Phi) is 3.53. The van der Waals surface area contributed by atoms with Gasteiger partial charge in [0.05, 0.1) is 17.2 Å². The number of hydrogen-bond donors (Lipinski definition) is 1. The summed E-state index contributed by atoms with van der Waals surface area (Å²) in [6.45, 7) is 1.34. The minimum Gasteiger partial charge on any atom is -0.347 e. The molecule has 0 bridgehead atoms. The predicted molar refractivity (Wildman–Crippen MR) is 77.5 cm³/mol. The minimum absolute atomic E-state index is 0.0597. The molecule has 5 nitrogen and oxygen atoms in total. The van der Waals surface area contributed by atoms with Gasteiger partial charge in [-0.3, -0.25) is 0 Å². The highest BCUT2D eigenvalue weighted by Crippen LogP contribution is 2.35. The van der Waals surface area contributed by atoms with Gasteiger partial charge in [-0.2, -0.15) is 0 Å². The fourth-order valence-electron chi connectivity index (χ4n) is 2.70. The van der Waals surface area contributed by atoms with Crippen LogP contribution in [0.5, 0.6) is 0 Å². The molecule has 1 saturated heterocycles. The number of fused-ring (bicyclic) bond motifs is 1. The van der Waals surface area contributed by atoms with Crippen LogP contribution in [0.1, 0.15) is 35.9 Å². The second-order valence-corrected chi connectivity index (χ2v) is 8.66. The summed E-state index contributed by atoms with van der Waals surface area (Å²) < 4.78 is 23.3. The molecule has 1 aliphatic heterocycles. The Hall–Kier alpha value is -0.660. The van der Waals surface area contributed by atoms with E-state index in [2.05, 4.69) is 9.88 Å². The van der Waals surface area contributed by atoms with Gasteiger partial charge in [0.2, 0.25) is 0 Å². The molecule has 3 rings (SSSR count). The molecule has 106 valence electrons. The van der Waals surface area contributed by atoms with Crippen LogP contribution in [0.15, 0.2) is 0 Å². The topological polar surface area (TPSA) is 76.3 Å². The van der Waals surface area contributed by atoms with Gasteiger partial charge in [0, 0.05) is 24.0 Å². The molecule has 2 heterocycles. The lowest BCUT2D eigenvalue weighted by Crippen LogP contribution is -2.26. The Balaban J connectivity index is 1.83. The summed E-state index contributed by atoms with van der Waals surface area (Å²) in [5.41, 5.74) is 7.13. The number of nitrogens with two attached hydrogens (primary N) is 1. The van der Waals surface area contributed by atoms with Gasteiger partial charge in [0.25, 0.3) is 0 Å². The summed E-state index contributed by atoms with van der Waals surface area (Å²) >= 11 is 1.69. The van der Waals surface area contributed by atoms with Crippen LogP contribution in [0.3, 0.4) is 0 Å². The standard InChI is InChI=1S/C12H19N3O2S2/c13-9-3-1-4-10-11(9)14-12(18-10)15-5-2-7-19(16,17)8-6-15/h9H,1-8,13H2. The van der Waals surface area contributed by atoms with Gasteiger partial charge in [0.15, 0.2) is 15.0 Å². The SMILES string of the molecule is NC1CCCc2sc(N3CCCS(=O)(=O)CC3)nc21. The first-order valence-electron chi connectivity index (χ1n) is 6.76. The lowest BCUT2D eigenvalue weighted by atomic mass is 9.99. The Morgan fingerprint density at radius 2 is 2.11 bits per heavy atom. The van der Waals surface area contributed by atoms with Gasteiger partial charge < -0.3 is 10.6 Å². The number of aromatic nitrogens is 1. The maximum Gasteiger partial charge on any atom is 0.185 e. The van der Waals surface area contributed by atoms with Crippen molar-refractivity contribution in [3.63, 3.8) is 0 Å². The lowest BCUT2D eigenvalue weighted by Gasteiger charge is -2.18. The third-order valence-electron chi connectivity index (χ3n) is 3.81. The van der Waals surface area contributed by atoms with Crippen molar-refractivity contribution >= 4 is 26.3 Å². The fourth-order valence-corrected chi connectivity index (χ4v) is 5.20. The molecule has 1 aromatic rings. The van der Waals surface area contributed by atoms with E-state index in [0.29, 0.717) is 18.7 Å². The Labute approximate surface area is 117 Å². The summed E-state index contributed by atoms with van der Waals surface area (Å²) in [6.07, 6.45) is 3.89. The first-order valence-corrected chi connectivity index (χ1v) is 9.39. The zero-order valence-corrected chi connectivity index (χ0v) is 12.5. The third-order valence-corrected chi connectivity index (χ3v) is 6.72. The smallest absolute Gasteiger partial charge is 0.185 e. The van der Waals surface area contributed by atoms with Crippen LogP contribution in [-0.4, -0.2) is 38.0 Å². The van der Waals surface area contributed by atoms with Gasteiger partial charge >= 0.3 is 0 Å². The van der Waals surface area contributed by atoms with Crippen molar-refractivity contribution in [3.8, 4) is 0 Å². The quantitative estimate of drug-likeness (QED) is 0.840. The summed E-state index contributed by atoms with van der Waals surface area (Å²) in [7, 11) is -2.86. The minimum atomic E-state index is -2.86. The Morgan fingerprint density at radius 1 is 1.26 bits per heavy atom. The molecule has 7 heteroatoms. The average molecular weight is 301 g/mol. The summed E-state index contributed by atoms with van der Waals surface area (Å²) in [5.74, 6) is 0.539. The molecule has 1 fully saturated rings. The molecule has 0 amide bonds. The normalized spacial score (nSPS) is 26.8. The van der Waals surface area contributed by atoms with E-state index in [0.717, 1.165) is 36.6 Å². The maximum atomic E-state index is 11.6. The summed E-state index contributed by atoms with van der Waals surface area (Å²) in [4.78, 5) is 8.07. The molecule has 0 spiro atoms. The Morgan fingerprint density at radius 3 is 2.89 bits per heavy atom. The molecular weight excluding hydrogens is 282 g/mol. The van der Waals surface area contributed by atoms with Gasteiger partial charge in [-0.15, -0.1) is 11.3 Å². The van der Waals surface area contributed by atoms with Crippen LogP contribution >= 0.6 is 11.3 Å². The predicted octanol–water partition coefficient (Wildman–Crippen LogP) is 1.10. The second-order valence-electron chi connectivity index (χ2n) is 5.30. The van der Waals surface area contributed by atoms with Gasteiger partial charge in [-0.05, 0) is 25.7 Å². The largest absolute Gasteiger partial charge is 0.347 e. The van der Waals surface area contributed by atoms with Crippen molar-refractivity contribution in [1.29, 1.82) is 0 Å². The van der Waals surface area contributed by atoms with Crippen molar-refractivity contribution in [1.82, 2.24) is 4.98 Å². The first-order chi connectivity index (χ1) is 9.05. The summed E-state index contributed by atoms with van der Waals surface area (Å²) in [5, 5.41) is 0.958. The molecule has 0 saturated carbocycles. The molecular formula is C12H19N3O2S2. The maximum absolute atomic E-state index is 11.6. The van der Waals surface area contributed by atoms with Crippen LogP contribution in [0, 0.1) is 0 Å². The second kappa shape index (κ2) is 5.03. The number of nitrogens with zero attached hydrogens (tertiary/aromatic N) is 2. The number of thiazole rings is 1. The van der Waals surface area contributed by atoms with E-state index in [1.54, 1.807) is 11.3 Å². The zero-order valence-electron chi connectivity index (χ0n) is 10.8. The lowest BCUT2D eigenvalue weighted by molar-refractivity contribution is 0.563. The molecule has 1 unspecified atom stereocenters. The molecule has 0 radical (unpaired) electrons. The molecule has 0 aromatic carbocycles. The molecule has 2 aliphatic rings. The van der Waals surface area contributed by atoms with Crippen molar-refractivity contribution < 1.29 is 8.42 Å². The highest BCUT2D eigenvalue weighted by atomic mass is 32.2. The number of hydrogen-bond acceptors (Lipinski definition) is 6. The monoisotopic (exact) mass is 301 g/mol. The molecule has 2 N–H and O–H groups in total. The summed E-state index contributed by atoms with van der Waals surface area (Å²) in [6, 6.07) is 0.0597. The van der Waals surface area contributed by atoms with Crippen LogP contribution in [0.2, 0.25) is 0 Å². The molecule has 1 aromatic heterocycles. The number of aryl methyl sites for hydroxylation is 1. The van der Waals surface area contributed by atoms with Crippen molar-refractivity contribution in [3.05, 3.63) is 10.6 Å². The van der Waals surface area contributed by atoms with Crippen LogP contribution in [0.4, 0.5) is 5.13 Å². The zero-order chi connectivity index (χ0) is 13.5. The molecule has 1 atom stereocenters. The third kappa shape index (κ3) is 2.78. The van der Waals surface area contributed by atoms with E-state index < -0.39 is 9.84 Å². The van der Waals surface area contributed by atoms with Gasteiger partial charge in [0.1, 0.15) is 0 Å². The van der Waals surface area contributed by atoms with Gasteiger partial charge in [-0.25, -0.2) is 13.4 Å². The van der Waals surface area contributed by atoms with Crippen LogP contribution in [-0.2, 0) is 16.3 Å². The van der Waals surface area contributed by atoms with E-state index in [1.807, 2.05) is 0 Å². The van der Waals surface area contributed by atoms with E-state index >= 15 is 0 Å². The first kappa shape index (κ1) is 13.3. The van der Waals surface area contributed by atoms with Crippen molar-refractivity contribution in [2.75, 3.05) is 29.5 Å². The van der Waals surface area contributed by atoms with Crippen molar-refractivity contribution in [2.24, 2.45) is 5.73 Å². The molecule has 19 heavy (non-hydrogen) atoms. The molecule has 1 aliphatic carbocycles. The van der Waals surface area contributed by atoms with E-state index in [1.165, 1.54) is 4.88 Å². The number of sulfone groups is 1. The highest BCUT2D eigenvalue weighted by molar-refractivity contribution is 7.91. The number of rotatable bonds is 1. The Bertz CT molecular complexity index is 568. The van der Waals surface area contributed by atoms with E-state index in [9.17, 15) is 8.42 Å².